The standard InChI is InChI=1S/C18H24BrN3O3/c1-11(2)10-25-15-7-6-13(8-16(15)24-5)12(3)21-14-9-20-22(4)18(23)17(14)19/h6-9,11-12,21H,10H2,1-5H3. The van der Waals surface area contributed by atoms with E-state index in [9.17, 15) is 4.79 Å². The van der Waals surface area contributed by atoms with Crippen LogP contribution in [-0.4, -0.2) is 23.5 Å². The minimum absolute atomic E-state index is 0.0433. The van der Waals surface area contributed by atoms with Gasteiger partial charge < -0.3 is 14.8 Å². The molecule has 0 aliphatic carbocycles. The van der Waals surface area contributed by atoms with Crippen molar-refractivity contribution in [3.8, 4) is 11.5 Å². The summed E-state index contributed by atoms with van der Waals surface area (Å²) in [5.74, 6) is 1.85. The number of anilines is 1. The predicted molar refractivity (Wildman–Crippen MR) is 103 cm³/mol. The van der Waals surface area contributed by atoms with Gasteiger partial charge in [0.1, 0.15) is 4.47 Å². The second-order valence-electron chi connectivity index (χ2n) is 6.28. The Labute approximate surface area is 156 Å². The summed E-state index contributed by atoms with van der Waals surface area (Å²) >= 11 is 3.33. The Morgan fingerprint density at radius 3 is 2.64 bits per heavy atom. The average molecular weight is 410 g/mol. The zero-order valence-corrected chi connectivity index (χ0v) is 16.8. The molecule has 0 amide bonds. The van der Waals surface area contributed by atoms with Crippen molar-refractivity contribution >= 4 is 21.6 Å². The summed E-state index contributed by atoms with van der Waals surface area (Å²) in [6.07, 6.45) is 1.62. The molecule has 25 heavy (non-hydrogen) atoms. The molecule has 0 radical (unpaired) electrons. The van der Waals surface area contributed by atoms with Gasteiger partial charge in [0, 0.05) is 13.1 Å². The maximum atomic E-state index is 12.0. The third kappa shape index (κ3) is 4.75. The normalized spacial score (nSPS) is 12.1. The number of methoxy groups -OCH3 is 1. The van der Waals surface area contributed by atoms with E-state index in [0.29, 0.717) is 28.4 Å². The fourth-order valence-corrected chi connectivity index (χ4v) is 2.73. The third-order valence-electron chi connectivity index (χ3n) is 3.71. The molecule has 1 atom stereocenters. The van der Waals surface area contributed by atoms with Crippen LogP contribution in [0.5, 0.6) is 11.5 Å². The number of aryl methyl sites for hydroxylation is 1. The molecule has 0 bridgehead atoms. The van der Waals surface area contributed by atoms with Crippen LogP contribution in [0.25, 0.3) is 0 Å². The molecule has 7 heteroatoms. The zero-order valence-electron chi connectivity index (χ0n) is 15.2. The molecule has 1 aromatic heterocycles. The van der Waals surface area contributed by atoms with Crippen molar-refractivity contribution in [2.75, 3.05) is 19.0 Å². The van der Waals surface area contributed by atoms with Crippen LogP contribution in [0, 0.1) is 5.92 Å². The summed E-state index contributed by atoms with van der Waals surface area (Å²) in [7, 11) is 3.24. The number of rotatable bonds is 7. The van der Waals surface area contributed by atoms with Crippen molar-refractivity contribution in [2.45, 2.75) is 26.8 Å². The molecule has 0 fully saturated rings. The van der Waals surface area contributed by atoms with Gasteiger partial charge in [0.15, 0.2) is 11.5 Å². The summed E-state index contributed by atoms with van der Waals surface area (Å²) in [6, 6.07) is 5.79. The molecule has 0 spiro atoms. The quantitative estimate of drug-likeness (QED) is 0.753. The highest BCUT2D eigenvalue weighted by Gasteiger charge is 2.14. The first kappa shape index (κ1) is 19.3. The minimum Gasteiger partial charge on any atom is -0.493 e. The molecule has 1 N–H and O–H groups in total. The smallest absolute Gasteiger partial charge is 0.282 e. The Morgan fingerprint density at radius 2 is 2.00 bits per heavy atom. The summed E-state index contributed by atoms with van der Waals surface area (Å²) in [6.45, 7) is 6.84. The first-order valence-corrected chi connectivity index (χ1v) is 8.91. The van der Waals surface area contributed by atoms with E-state index < -0.39 is 0 Å². The molecule has 2 rings (SSSR count). The number of halogens is 1. The first-order valence-electron chi connectivity index (χ1n) is 8.12. The number of benzene rings is 1. The Balaban J connectivity index is 2.20. The Hall–Kier alpha value is -2.02. The number of nitrogens with one attached hydrogen (secondary N) is 1. The molecule has 2 aromatic rings. The largest absolute Gasteiger partial charge is 0.493 e. The van der Waals surface area contributed by atoms with E-state index in [1.807, 2.05) is 25.1 Å². The van der Waals surface area contributed by atoms with E-state index in [4.69, 9.17) is 9.47 Å². The number of aromatic nitrogens is 2. The highest BCUT2D eigenvalue weighted by molar-refractivity contribution is 9.10. The molecule has 6 nitrogen and oxygen atoms in total. The van der Waals surface area contributed by atoms with Crippen molar-refractivity contribution in [1.29, 1.82) is 0 Å². The van der Waals surface area contributed by atoms with Crippen molar-refractivity contribution in [3.63, 3.8) is 0 Å². The van der Waals surface area contributed by atoms with Crippen LogP contribution in [0.4, 0.5) is 5.69 Å². The van der Waals surface area contributed by atoms with Gasteiger partial charge in [0.25, 0.3) is 5.56 Å². The van der Waals surface area contributed by atoms with Crippen molar-refractivity contribution in [1.82, 2.24) is 9.78 Å². The Kier molecular flexibility index (Phi) is 6.47. The molecular formula is C18H24BrN3O3. The second-order valence-corrected chi connectivity index (χ2v) is 7.08. The van der Waals surface area contributed by atoms with Crippen molar-refractivity contribution < 1.29 is 9.47 Å². The molecule has 0 aliphatic rings. The van der Waals surface area contributed by atoms with Crippen LogP contribution in [0.3, 0.4) is 0 Å². The summed E-state index contributed by atoms with van der Waals surface area (Å²) in [5.41, 5.74) is 1.48. The fraction of sp³-hybridized carbons (Fsp3) is 0.444. The maximum Gasteiger partial charge on any atom is 0.282 e. The lowest BCUT2D eigenvalue weighted by Crippen LogP contribution is -2.22. The minimum atomic E-state index is -0.188. The SMILES string of the molecule is COc1cc(C(C)Nc2cnn(C)c(=O)c2Br)ccc1OCC(C)C. The van der Waals surface area contributed by atoms with Crippen LogP contribution in [0.2, 0.25) is 0 Å². The van der Waals surface area contributed by atoms with Crippen LogP contribution < -0.4 is 20.3 Å². The van der Waals surface area contributed by atoms with Gasteiger partial charge in [0.05, 0.1) is 25.6 Å². The molecule has 136 valence electrons. The van der Waals surface area contributed by atoms with Gasteiger partial charge in [-0.2, -0.15) is 5.10 Å². The maximum absolute atomic E-state index is 12.0. The van der Waals surface area contributed by atoms with E-state index in [1.165, 1.54) is 4.68 Å². The van der Waals surface area contributed by atoms with Gasteiger partial charge in [-0.05, 0) is 46.5 Å². The van der Waals surface area contributed by atoms with E-state index in [1.54, 1.807) is 20.4 Å². The van der Waals surface area contributed by atoms with Crippen LogP contribution >= 0.6 is 15.9 Å². The van der Waals surface area contributed by atoms with E-state index in [0.717, 1.165) is 11.3 Å². The lowest BCUT2D eigenvalue weighted by molar-refractivity contribution is 0.256. The number of nitrogens with zero attached hydrogens (tertiary/aromatic N) is 2. The number of hydrogen-bond acceptors (Lipinski definition) is 5. The van der Waals surface area contributed by atoms with Gasteiger partial charge in [0.2, 0.25) is 0 Å². The first-order chi connectivity index (χ1) is 11.8. The van der Waals surface area contributed by atoms with Gasteiger partial charge in [-0.15, -0.1) is 0 Å². The fourth-order valence-electron chi connectivity index (χ4n) is 2.26. The van der Waals surface area contributed by atoms with Gasteiger partial charge >= 0.3 is 0 Å². The van der Waals surface area contributed by atoms with E-state index >= 15 is 0 Å². The van der Waals surface area contributed by atoms with Gasteiger partial charge in [-0.25, -0.2) is 4.68 Å². The lowest BCUT2D eigenvalue weighted by atomic mass is 10.1. The van der Waals surface area contributed by atoms with Gasteiger partial charge in [-0.1, -0.05) is 19.9 Å². The Morgan fingerprint density at radius 1 is 1.28 bits per heavy atom. The van der Waals surface area contributed by atoms with Crippen molar-refractivity contribution in [3.05, 3.63) is 44.8 Å². The average Bonchev–Trinajstić information content (AvgIpc) is 2.60. The van der Waals surface area contributed by atoms with Crippen LogP contribution in [0.1, 0.15) is 32.4 Å². The highest BCUT2D eigenvalue weighted by atomic mass is 79.9. The topological polar surface area (TPSA) is 65.4 Å². The molecular weight excluding hydrogens is 386 g/mol. The highest BCUT2D eigenvalue weighted by Crippen LogP contribution is 2.32. The van der Waals surface area contributed by atoms with Crippen LogP contribution in [-0.2, 0) is 7.05 Å². The lowest BCUT2D eigenvalue weighted by Gasteiger charge is -2.19. The third-order valence-corrected chi connectivity index (χ3v) is 4.48. The van der Waals surface area contributed by atoms with Gasteiger partial charge in [-0.3, -0.25) is 4.79 Å². The molecule has 0 saturated heterocycles. The number of hydrogen-bond donors (Lipinski definition) is 1. The predicted octanol–water partition coefficient (Wildman–Crippen LogP) is 3.76. The molecule has 1 heterocycles. The summed E-state index contributed by atoms with van der Waals surface area (Å²) in [5, 5.41) is 7.34. The summed E-state index contributed by atoms with van der Waals surface area (Å²) < 4.78 is 13.0. The molecule has 1 unspecified atom stereocenters. The van der Waals surface area contributed by atoms with E-state index in [2.05, 4.69) is 40.2 Å². The van der Waals surface area contributed by atoms with Crippen molar-refractivity contribution in [2.24, 2.45) is 13.0 Å². The van der Waals surface area contributed by atoms with Crippen LogP contribution in [0.15, 0.2) is 33.7 Å². The number of ether oxygens (including phenoxy) is 2. The zero-order chi connectivity index (χ0) is 18.6. The monoisotopic (exact) mass is 409 g/mol. The molecule has 1 aromatic carbocycles. The van der Waals surface area contributed by atoms with E-state index in [-0.39, 0.29) is 11.6 Å². The Bertz CT molecular complexity index is 790. The summed E-state index contributed by atoms with van der Waals surface area (Å²) in [4.78, 5) is 12.0. The molecule has 0 saturated carbocycles. The second kappa shape index (κ2) is 8.38. The molecule has 0 aliphatic heterocycles.